The number of piperidine rings is 1. The van der Waals surface area contributed by atoms with E-state index in [0.717, 1.165) is 64.0 Å². The zero-order chi connectivity index (χ0) is 20.1. The molecule has 2 fully saturated rings. The van der Waals surface area contributed by atoms with Gasteiger partial charge in [0.1, 0.15) is 0 Å². The molecular formula is C24H35N3O2. The fraction of sp³-hybridized carbons (Fsp3) is 0.667. The third-order valence-electron chi connectivity index (χ3n) is 6.95. The minimum absolute atomic E-state index is 0.257. The van der Waals surface area contributed by atoms with Crippen molar-refractivity contribution in [3.8, 4) is 0 Å². The van der Waals surface area contributed by atoms with Crippen LogP contribution in [0.3, 0.4) is 0 Å². The number of nitrogens with zero attached hydrogens (tertiary/aromatic N) is 2. The van der Waals surface area contributed by atoms with Crippen LogP contribution < -0.4 is 10.2 Å². The van der Waals surface area contributed by atoms with E-state index in [9.17, 15) is 9.59 Å². The summed E-state index contributed by atoms with van der Waals surface area (Å²) in [6.45, 7) is 3.90. The van der Waals surface area contributed by atoms with Crippen LogP contribution in [0.25, 0.3) is 0 Å². The predicted molar refractivity (Wildman–Crippen MR) is 116 cm³/mol. The number of benzene rings is 1. The van der Waals surface area contributed by atoms with Crippen LogP contribution in [0.5, 0.6) is 0 Å². The number of fused-ring (bicyclic) bond motifs is 1. The van der Waals surface area contributed by atoms with Crippen molar-refractivity contribution in [2.45, 2.75) is 70.3 Å². The van der Waals surface area contributed by atoms with Crippen molar-refractivity contribution < 1.29 is 9.59 Å². The minimum atomic E-state index is 0.257. The zero-order valence-electron chi connectivity index (χ0n) is 17.6. The summed E-state index contributed by atoms with van der Waals surface area (Å²) in [6.07, 6.45) is 10.4. The lowest BCUT2D eigenvalue weighted by Crippen LogP contribution is -2.45. The molecule has 1 N–H and O–H groups in total. The van der Waals surface area contributed by atoms with Gasteiger partial charge in [-0.1, -0.05) is 31.0 Å². The number of amides is 2. The van der Waals surface area contributed by atoms with Gasteiger partial charge in [0.05, 0.1) is 0 Å². The van der Waals surface area contributed by atoms with Crippen molar-refractivity contribution in [1.82, 2.24) is 10.2 Å². The highest BCUT2D eigenvalue weighted by molar-refractivity contribution is 5.96. The number of rotatable bonds is 7. The third-order valence-corrected chi connectivity index (χ3v) is 6.95. The van der Waals surface area contributed by atoms with E-state index in [2.05, 4.69) is 28.4 Å². The average Bonchev–Trinajstić information content (AvgIpc) is 3.24. The van der Waals surface area contributed by atoms with Crippen LogP contribution in [0.1, 0.15) is 63.4 Å². The molecule has 1 aromatic carbocycles. The topological polar surface area (TPSA) is 52.7 Å². The maximum Gasteiger partial charge on any atom is 0.227 e. The van der Waals surface area contributed by atoms with E-state index >= 15 is 0 Å². The van der Waals surface area contributed by atoms with Gasteiger partial charge in [-0.2, -0.15) is 0 Å². The summed E-state index contributed by atoms with van der Waals surface area (Å²) in [4.78, 5) is 29.1. The molecule has 158 valence electrons. The van der Waals surface area contributed by atoms with Crippen molar-refractivity contribution in [2.24, 2.45) is 5.92 Å². The molecule has 0 aromatic heterocycles. The summed E-state index contributed by atoms with van der Waals surface area (Å²) in [5.41, 5.74) is 2.40. The molecule has 2 amide bonds. The largest absolute Gasteiger partial charge is 0.353 e. The standard InChI is InChI=1S/C24H35N3O2/c28-23(18-19-6-1-2-7-19)25-21-12-16-26(17-13-21)14-5-15-27-22-9-4-3-8-20(22)10-11-24(27)29/h3-4,8-9,19,21H,1-2,5-7,10-18H2,(H,25,28). The zero-order valence-corrected chi connectivity index (χ0v) is 17.6. The van der Waals surface area contributed by atoms with Gasteiger partial charge in [-0.25, -0.2) is 0 Å². The lowest BCUT2D eigenvalue weighted by molar-refractivity contribution is -0.123. The van der Waals surface area contributed by atoms with E-state index < -0.39 is 0 Å². The van der Waals surface area contributed by atoms with Gasteiger partial charge in [-0.15, -0.1) is 0 Å². The Kier molecular flexibility index (Phi) is 6.86. The van der Waals surface area contributed by atoms with Crippen LogP contribution >= 0.6 is 0 Å². The molecule has 2 aliphatic heterocycles. The number of nitrogens with one attached hydrogen (secondary N) is 1. The molecule has 0 radical (unpaired) electrons. The number of para-hydroxylation sites is 1. The SMILES string of the molecule is O=C(CC1CCCC1)NC1CCN(CCCN2C(=O)CCc3ccccc32)CC1. The Morgan fingerprint density at radius 1 is 1.00 bits per heavy atom. The highest BCUT2D eigenvalue weighted by atomic mass is 16.2. The van der Waals surface area contributed by atoms with Crippen LogP contribution in [0.4, 0.5) is 5.69 Å². The minimum Gasteiger partial charge on any atom is -0.353 e. The Labute approximate surface area is 174 Å². The van der Waals surface area contributed by atoms with Crippen molar-refractivity contribution >= 4 is 17.5 Å². The van der Waals surface area contributed by atoms with Gasteiger partial charge in [-0.05, 0) is 62.6 Å². The maximum atomic E-state index is 12.4. The number of aryl methyl sites for hydroxylation is 1. The molecule has 3 aliphatic rings. The fourth-order valence-corrected chi connectivity index (χ4v) is 5.26. The second-order valence-electron chi connectivity index (χ2n) is 9.07. The highest BCUT2D eigenvalue weighted by Gasteiger charge is 2.25. The molecule has 1 saturated heterocycles. The monoisotopic (exact) mass is 397 g/mol. The molecule has 0 atom stereocenters. The van der Waals surface area contributed by atoms with E-state index in [-0.39, 0.29) is 11.8 Å². The van der Waals surface area contributed by atoms with Crippen molar-refractivity contribution in [2.75, 3.05) is 31.1 Å². The Hall–Kier alpha value is -1.88. The number of hydrogen-bond donors (Lipinski definition) is 1. The average molecular weight is 398 g/mol. The molecule has 5 heteroatoms. The van der Waals surface area contributed by atoms with E-state index in [1.54, 1.807) is 0 Å². The van der Waals surface area contributed by atoms with Crippen LogP contribution in [-0.2, 0) is 16.0 Å². The summed E-state index contributed by atoms with van der Waals surface area (Å²) in [5.74, 6) is 1.14. The van der Waals surface area contributed by atoms with Gasteiger partial charge in [0.2, 0.25) is 11.8 Å². The molecule has 0 spiro atoms. The van der Waals surface area contributed by atoms with Crippen LogP contribution in [-0.4, -0.2) is 48.9 Å². The van der Waals surface area contributed by atoms with E-state index in [4.69, 9.17) is 0 Å². The Balaban J connectivity index is 1.16. The predicted octanol–water partition coefficient (Wildman–Crippen LogP) is 3.52. The van der Waals surface area contributed by atoms with Crippen molar-refractivity contribution in [3.63, 3.8) is 0 Å². The van der Waals surface area contributed by atoms with Gasteiger partial charge in [0.25, 0.3) is 0 Å². The summed E-state index contributed by atoms with van der Waals surface area (Å²) in [6, 6.07) is 8.64. The smallest absolute Gasteiger partial charge is 0.227 e. The first-order valence-electron chi connectivity index (χ1n) is 11.6. The number of carbonyl (C=O) groups is 2. The Morgan fingerprint density at radius 2 is 1.76 bits per heavy atom. The quantitative estimate of drug-likeness (QED) is 0.766. The summed E-state index contributed by atoms with van der Waals surface area (Å²) in [7, 11) is 0. The van der Waals surface area contributed by atoms with Crippen molar-refractivity contribution in [3.05, 3.63) is 29.8 Å². The second-order valence-corrected chi connectivity index (χ2v) is 9.07. The Bertz CT molecular complexity index is 706. The van der Waals surface area contributed by atoms with Gasteiger partial charge < -0.3 is 15.1 Å². The van der Waals surface area contributed by atoms with Gasteiger partial charge in [-0.3, -0.25) is 9.59 Å². The lowest BCUT2D eigenvalue weighted by Gasteiger charge is -2.34. The Morgan fingerprint density at radius 3 is 2.55 bits per heavy atom. The van der Waals surface area contributed by atoms with Gasteiger partial charge >= 0.3 is 0 Å². The number of anilines is 1. The molecule has 1 aliphatic carbocycles. The van der Waals surface area contributed by atoms with Crippen LogP contribution in [0.2, 0.25) is 0 Å². The molecule has 2 heterocycles. The van der Waals surface area contributed by atoms with Gasteiger partial charge in [0.15, 0.2) is 0 Å². The highest BCUT2D eigenvalue weighted by Crippen LogP contribution is 2.28. The molecular weight excluding hydrogens is 362 g/mol. The first-order chi connectivity index (χ1) is 14.2. The molecule has 1 saturated carbocycles. The number of likely N-dealkylation sites (tertiary alicyclic amines) is 1. The normalized spacial score (nSPS) is 21.4. The summed E-state index contributed by atoms with van der Waals surface area (Å²) >= 11 is 0. The summed E-state index contributed by atoms with van der Waals surface area (Å²) in [5, 5.41) is 3.27. The van der Waals surface area contributed by atoms with E-state index in [0.29, 0.717) is 18.4 Å². The second kappa shape index (κ2) is 9.75. The van der Waals surface area contributed by atoms with E-state index in [1.165, 1.54) is 31.2 Å². The van der Waals surface area contributed by atoms with Crippen molar-refractivity contribution in [1.29, 1.82) is 0 Å². The maximum absolute atomic E-state index is 12.4. The van der Waals surface area contributed by atoms with Crippen LogP contribution in [0.15, 0.2) is 24.3 Å². The fourth-order valence-electron chi connectivity index (χ4n) is 5.26. The molecule has 1 aromatic rings. The first kappa shape index (κ1) is 20.4. The number of carbonyl (C=O) groups excluding carboxylic acids is 2. The van der Waals surface area contributed by atoms with E-state index in [1.807, 2.05) is 11.0 Å². The lowest BCUT2D eigenvalue weighted by atomic mass is 10.0. The molecule has 5 nitrogen and oxygen atoms in total. The molecule has 0 unspecified atom stereocenters. The molecule has 29 heavy (non-hydrogen) atoms. The molecule has 4 rings (SSSR count). The molecule has 0 bridgehead atoms. The van der Waals surface area contributed by atoms with Crippen LogP contribution in [0, 0.1) is 5.92 Å². The number of hydrogen-bond acceptors (Lipinski definition) is 3. The van der Waals surface area contributed by atoms with Gasteiger partial charge in [0, 0.05) is 44.2 Å². The third kappa shape index (κ3) is 5.39. The summed E-state index contributed by atoms with van der Waals surface area (Å²) < 4.78 is 0. The first-order valence-corrected chi connectivity index (χ1v) is 11.6.